The molecular weight excluding hydrogens is 284 g/mol. The molecule has 0 radical (unpaired) electrons. The SMILES string of the molecule is CC(C)(C)OC(=O)N1[C@@H](COc2cccnc2)COC1(C)C. The Kier molecular flexibility index (Phi) is 4.60. The Labute approximate surface area is 131 Å². The van der Waals surface area contributed by atoms with Gasteiger partial charge in [0.15, 0.2) is 0 Å². The third-order valence-electron chi connectivity index (χ3n) is 3.24. The van der Waals surface area contributed by atoms with Crippen LogP contribution in [0.3, 0.4) is 0 Å². The van der Waals surface area contributed by atoms with Crippen molar-refractivity contribution in [1.29, 1.82) is 0 Å². The van der Waals surface area contributed by atoms with Gasteiger partial charge in [-0.15, -0.1) is 0 Å². The van der Waals surface area contributed by atoms with Crippen molar-refractivity contribution in [2.75, 3.05) is 13.2 Å². The van der Waals surface area contributed by atoms with Crippen LogP contribution in [-0.4, -0.2) is 46.6 Å². The highest BCUT2D eigenvalue weighted by Crippen LogP contribution is 2.29. The monoisotopic (exact) mass is 308 g/mol. The molecule has 1 aliphatic rings. The molecule has 1 fully saturated rings. The van der Waals surface area contributed by atoms with Crippen LogP contribution < -0.4 is 4.74 Å². The van der Waals surface area contributed by atoms with E-state index >= 15 is 0 Å². The summed E-state index contributed by atoms with van der Waals surface area (Å²) in [6.07, 6.45) is 2.93. The number of hydrogen-bond donors (Lipinski definition) is 0. The molecule has 0 spiro atoms. The number of rotatable bonds is 3. The minimum Gasteiger partial charge on any atom is -0.490 e. The molecule has 122 valence electrons. The average molecular weight is 308 g/mol. The van der Waals surface area contributed by atoms with Crippen molar-refractivity contribution in [1.82, 2.24) is 9.88 Å². The van der Waals surface area contributed by atoms with Crippen molar-refractivity contribution >= 4 is 6.09 Å². The molecule has 6 heteroatoms. The normalized spacial score (nSPS) is 20.8. The summed E-state index contributed by atoms with van der Waals surface area (Å²) in [6, 6.07) is 3.42. The minimum atomic E-state index is -0.717. The molecule has 0 unspecified atom stereocenters. The molecule has 6 nitrogen and oxygen atoms in total. The van der Waals surface area contributed by atoms with Gasteiger partial charge in [0.2, 0.25) is 0 Å². The van der Waals surface area contributed by atoms with E-state index < -0.39 is 17.4 Å². The lowest BCUT2D eigenvalue weighted by molar-refractivity contribution is -0.0637. The highest BCUT2D eigenvalue weighted by molar-refractivity contribution is 5.69. The van der Waals surface area contributed by atoms with Crippen LogP contribution in [0.15, 0.2) is 24.5 Å². The van der Waals surface area contributed by atoms with Crippen LogP contribution in [0.25, 0.3) is 0 Å². The second-order valence-electron chi connectivity index (χ2n) is 6.76. The minimum absolute atomic E-state index is 0.204. The van der Waals surface area contributed by atoms with Gasteiger partial charge in [0.1, 0.15) is 23.7 Å². The summed E-state index contributed by atoms with van der Waals surface area (Å²) in [4.78, 5) is 18.1. The van der Waals surface area contributed by atoms with E-state index in [-0.39, 0.29) is 6.04 Å². The zero-order valence-electron chi connectivity index (χ0n) is 13.8. The first kappa shape index (κ1) is 16.5. The number of aromatic nitrogens is 1. The molecule has 0 saturated carbocycles. The van der Waals surface area contributed by atoms with Crippen LogP contribution in [0.1, 0.15) is 34.6 Å². The topological polar surface area (TPSA) is 60.9 Å². The van der Waals surface area contributed by atoms with Gasteiger partial charge in [0, 0.05) is 6.20 Å². The van der Waals surface area contributed by atoms with Crippen LogP contribution in [-0.2, 0) is 9.47 Å². The third kappa shape index (κ3) is 4.10. The van der Waals surface area contributed by atoms with Crippen LogP contribution in [0, 0.1) is 0 Å². The largest absolute Gasteiger partial charge is 0.490 e. The summed E-state index contributed by atoms with van der Waals surface area (Å²) in [5.41, 5.74) is -1.27. The lowest BCUT2D eigenvalue weighted by Crippen LogP contribution is -2.51. The van der Waals surface area contributed by atoms with E-state index in [0.29, 0.717) is 19.0 Å². The molecule has 1 aliphatic heterocycles. The Morgan fingerprint density at radius 3 is 2.82 bits per heavy atom. The van der Waals surface area contributed by atoms with E-state index in [1.807, 2.05) is 40.7 Å². The van der Waals surface area contributed by atoms with Crippen LogP contribution in [0.2, 0.25) is 0 Å². The molecule has 1 atom stereocenters. The molecule has 0 aliphatic carbocycles. The van der Waals surface area contributed by atoms with E-state index in [1.165, 1.54) is 0 Å². The van der Waals surface area contributed by atoms with E-state index in [1.54, 1.807) is 23.4 Å². The van der Waals surface area contributed by atoms with E-state index in [2.05, 4.69) is 4.98 Å². The molecule has 2 rings (SSSR count). The van der Waals surface area contributed by atoms with Crippen molar-refractivity contribution in [3.63, 3.8) is 0 Å². The Morgan fingerprint density at radius 2 is 2.23 bits per heavy atom. The van der Waals surface area contributed by atoms with Gasteiger partial charge < -0.3 is 14.2 Å². The van der Waals surface area contributed by atoms with Gasteiger partial charge in [-0.1, -0.05) is 0 Å². The Morgan fingerprint density at radius 1 is 1.50 bits per heavy atom. The fourth-order valence-electron chi connectivity index (χ4n) is 2.31. The van der Waals surface area contributed by atoms with E-state index in [0.717, 1.165) is 0 Å². The average Bonchev–Trinajstić information content (AvgIpc) is 2.71. The van der Waals surface area contributed by atoms with Crippen molar-refractivity contribution in [2.24, 2.45) is 0 Å². The molecule has 1 aromatic rings. The van der Waals surface area contributed by atoms with Crippen LogP contribution in [0.4, 0.5) is 4.79 Å². The van der Waals surface area contributed by atoms with Crippen molar-refractivity contribution in [3.05, 3.63) is 24.5 Å². The molecule has 1 aromatic heterocycles. The van der Waals surface area contributed by atoms with Gasteiger partial charge in [-0.3, -0.25) is 9.88 Å². The second-order valence-corrected chi connectivity index (χ2v) is 6.76. The van der Waals surface area contributed by atoms with Crippen molar-refractivity contribution < 1.29 is 19.0 Å². The number of ether oxygens (including phenoxy) is 3. The standard InChI is InChI=1S/C16H24N2O4/c1-15(2,3)22-14(19)18-12(11-21-16(18,4)5)10-20-13-7-6-8-17-9-13/h6-9,12H,10-11H2,1-5H3/t12-/m0/s1. The fraction of sp³-hybridized carbons (Fsp3) is 0.625. The molecule has 22 heavy (non-hydrogen) atoms. The first-order valence-corrected chi connectivity index (χ1v) is 7.38. The van der Waals surface area contributed by atoms with Gasteiger partial charge in [0.05, 0.1) is 18.8 Å². The maximum Gasteiger partial charge on any atom is 0.413 e. The lowest BCUT2D eigenvalue weighted by atomic mass is 10.2. The lowest BCUT2D eigenvalue weighted by Gasteiger charge is -2.34. The number of carbonyl (C=O) groups excluding carboxylic acids is 1. The van der Waals surface area contributed by atoms with Crippen molar-refractivity contribution in [3.8, 4) is 5.75 Å². The summed E-state index contributed by atoms with van der Waals surface area (Å²) in [7, 11) is 0. The number of amides is 1. The second kappa shape index (κ2) is 6.12. The zero-order chi connectivity index (χ0) is 16.4. The molecule has 0 aromatic carbocycles. The summed E-state index contributed by atoms with van der Waals surface area (Å²) in [5.74, 6) is 0.663. The molecule has 0 bridgehead atoms. The van der Waals surface area contributed by atoms with Crippen LogP contribution in [0.5, 0.6) is 5.75 Å². The summed E-state index contributed by atoms with van der Waals surface area (Å²) >= 11 is 0. The molecule has 1 saturated heterocycles. The maximum atomic E-state index is 12.5. The number of hydrogen-bond acceptors (Lipinski definition) is 5. The third-order valence-corrected chi connectivity index (χ3v) is 3.24. The van der Waals surface area contributed by atoms with Gasteiger partial charge in [-0.2, -0.15) is 0 Å². The molecule has 2 heterocycles. The van der Waals surface area contributed by atoms with E-state index in [4.69, 9.17) is 14.2 Å². The smallest absolute Gasteiger partial charge is 0.413 e. The van der Waals surface area contributed by atoms with Gasteiger partial charge >= 0.3 is 6.09 Å². The highest BCUT2D eigenvalue weighted by Gasteiger charge is 2.46. The maximum absolute atomic E-state index is 12.5. The number of pyridine rings is 1. The van der Waals surface area contributed by atoms with Gasteiger partial charge in [-0.25, -0.2) is 4.79 Å². The number of nitrogens with zero attached hydrogens (tertiary/aromatic N) is 2. The first-order chi connectivity index (χ1) is 10.2. The summed E-state index contributed by atoms with van der Waals surface area (Å²) < 4.78 is 16.9. The van der Waals surface area contributed by atoms with E-state index in [9.17, 15) is 4.79 Å². The predicted molar refractivity (Wildman–Crippen MR) is 81.6 cm³/mol. The quantitative estimate of drug-likeness (QED) is 0.859. The fourth-order valence-corrected chi connectivity index (χ4v) is 2.31. The highest BCUT2D eigenvalue weighted by atomic mass is 16.6. The predicted octanol–water partition coefficient (Wildman–Crippen LogP) is 2.83. The van der Waals surface area contributed by atoms with Crippen molar-refractivity contribution in [2.45, 2.75) is 52.0 Å². The Hall–Kier alpha value is -1.82. The summed E-state index contributed by atoms with van der Waals surface area (Å²) in [5, 5.41) is 0. The van der Waals surface area contributed by atoms with Crippen LogP contribution >= 0.6 is 0 Å². The molecular formula is C16H24N2O4. The Bertz CT molecular complexity index is 511. The summed E-state index contributed by atoms with van der Waals surface area (Å²) in [6.45, 7) is 9.96. The van der Waals surface area contributed by atoms with Gasteiger partial charge in [-0.05, 0) is 46.8 Å². The van der Waals surface area contributed by atoms with Gasteiger partial charge in [0.25, 0.3) is 0 Å². The first-order valence-electron chi connectivity index (χ1n) is 7.38. The molecule has 1 amide bonds. The zero-order valence-corrected chi connectivity index (χ0v) is 13.8. The molecule has 0 N–H and O–H groups in total. The Balaban J connectivity index is 2.04. The number of carbonyl (C=O) groups is 1.